The van der Waals surface area contributed by atoms with E-state index in [2.05, 4.69) is 30.6 Å². The lowest BCUT2D eigenvalue weighted by Crippen LogP contribution is -2.28. The molecule has 1 aliphatic rings. The van der Waals surface area contributed by atoms with Gasteiger partial charge in [-0.25, -0.2) is 14.8 Å². The fourth-order valence-corrected chi connectivity index (χ4v) is 2.21. The number of aromatic nitrogens is 2. The van der Waals surface area contributed by atoms with E-state index >= 15 is 0 Å². The van der Waals surface area contributed by atoms with Gasteiger partial charge in [0.1, 0.15) is 4.60 Å². The summed E-state index contributed by atoms with van der Waals surface area (Å²) in [4.78, 5) is 32.7. The van der Waals surface area contributed by atoms with E-state index in [0.717, 1.165) is 0 Å². The molecule has 1 atom stereocenters. The number of nitrogens with zero attached hydrogens (tertiary/aromatic N) is 3. The zero-order valence-electron chi connectivity index (χ0n) is 9.39. The summed E-state index contributed by atoms with van der Waals surface area (Å²) in [5, 5.41) is -0.284. The standard InChI is InChI=1S/C10H9BrClN3O3/c1-18-10(17)8-9(13-3-6(11)14-8)15-4-5(12)2-7(15)16/h3,5H,2,4H2,1H3. The molecule has 2 rings (SSSR count). The number of methoxy groups -OCH3 is 1. The molecule has 0 N–H and O–H groups in total. The number of ether oxygens (including phenoxy) is 1. The SMILES string of the molecule is COC(=O)c1nc(Br)cnc1N1CC(Cl)CC1=O. The van der Waals surface area contributed by atoms with Crippen LogP contribution in [-0.2, 0) is 9.53 Å². The highest BCUT2D eigenvalue weighted by Crippen LogP contribution is 2.26. The maximum absolute atomic E-state index is 11.7. The normalized spacial score (nSPS) is 19.2. The quantitative estimate of drug-likeness (QED) is 0.603. The van der Waals surface area contributed by atoms with Gasteiger partial charge in [0.25, 0.3) is 0 Å². The van der Waals surface area contributed by atoms with E-state index in [1.807, 2.05) is 0 Å². The van der Waals surface area contributed by atoms with E-state index in [0.29, 0.717) is 11.1 Å². The predicted molar refractivity (Wildman–Crippen MR) is 67.7 cm³/mol. The first kappa shape index (κ1) is 13.2. The number of hydrogen-bond donors (Lipinski definition) is 0. The Bertz CT molecular complexity index is 511. The van der Waals surface area contributed by atoms with Gasteiger partial charge >= 0.3 is 5.97 Å². The summed E-state index contributed by atoms with van der Waals surface area (Å²) in [5.74, 6) is -0.653. The van der Waals surface area contributed by atoms with Crippen LogP contribution in [0.25, 0.3) is 0 Å². The molecule has 0 saturated carbocycles. The average molecular weight is 335 g/mol. The molecule has 8 heteroatoms. The molecule has 6 nitrogen and oxygen atoms in total. The molecule has 0 radical (unpaired) electrons. The largest absolute Gasteiger partial charge is 0.464 e. The molecule has 2 heterocycles. The van der Waals surface area contributed by atoms with Gasteiger partial charge in [0.15, 0.2) is 11.5 Å². The third kappa shape index (κ3) is 2.46. The van der Waals surface area contributed by atoms with Crippen molar-refractivity contribution in [2.24, 2.45) is 0 Å². The minimum absolute atomic E-state index is 0.00834. The molecule has 0 aromatic carbocycles. The van der Waals surface area contributed by atoms with Gasteiger partial charge < -0.3 is 4.74 Å². The lowest BCUT2D eigenvalue weighted by molar-refractivity contribution is -0.117. The number of alkyl halides is 1. The summed E-state index contributed by atoms with van der Waals surface area (Å²) in [7, 11) is 1.24. The van der Waals surface area contributed by atoms with Crippen LogP contribution in [0.1, 0.15) is 16.9 Å². The summed E-state index contributed by atoms with van der Waals surface area (Å²) in [6.07, 6.45) is 1.64. The topological polar surface area (TPSA) is 72.4 Å². The van der Waals surface area contributed by atoms with Crippen molar-refractivity contribution in [2.45, 2.75) is 11.8 Å². The maximum Gasteiger partial charge on any atom is 0.360 e. The fraction of sp³-hybridized carbons (Fsp3) is 0.400. The van der Waals surface area contributed by atoms with E-state index in [9.17, 15) is 9.59 Å². The molecule has 0 bridgehead atoms. The Balaban J connectivity index is 2.44. The van der Waals surface area contributed by atoms with E-state index in [1.165, 1.54) is 18.2 Å². The van der Waals surface area contributed by atoms with Crippen LogP contribution in [0.5, 0.6) is 0 Å². The van der Waals surface area contributed by atoms with Gasteiger partial charge in [0.2, 0.25) is 5.91 Å². The first-order valence-electron chi connectivity index (χ1n) is 5.08. The number of carbonyl (C=O) groups is 2. The van der Waals surface area contributed by atoms with Crippen molar-refractivity contribution in [1.29, 1.82) is 0 Å². The van der Waals surface area contributed by atoms with Crippen LogP contribution in [-0.4, -0.2) is 40.9 Å². The summed E-state index contributed by atoms with van der Waals surface area (Å²) >= 11 is 9.03. The van der Waals surface area contributed by atoms with Crippen LogP contribution in [0, 0.1) is 0 Å². The number of hydrogen-bond acceptors (Lipinski definition) is 5. The van der Waals surface area contributed by atoms with E-state index in [1.54, 1.807) is 0 Å². The van der Waals surface area contributed by atoms with Crippen molar-refractivity contribution in [1.82, 2.24) is 9.97 Å². The van der Waals surface area contributed by atoms with Gasteiger partial charge in [-0.2, -0.15) is 0 Å². The second kappa shape index (κ2) is 5.19. The van der Waals surface area contributed by atoms with Gasteiger partial charge in [0, 0.05) is 13.0 Å². The second-order valence-electron chi connectivity index (χ2n) is 3.66. The Labute approximate surface area is 116 Å². The second-order valence-corrected chi connectivity index (χ2v) is 5.09. The molecule has 0 spiro atoms. The molecule has 1 fully saturated rings. The molecular weight excluding hydrogens is 325 g/mol. The zero-order valence-corrected chi connectivity index (χ0v) is 11.7. The highest BCUT2D eigenvalue weighted by molar-refractivity contribution is 9.10. The number of anilines is 1. The van der Waals surface area contributed by atoms with Crippen molar-refractivity contribution >= 4 is 45.2 Å². The van der Waals surface area contributed by atoms with Gasteiger partial charge in [-0.3, -0.25) is 9.69 Å². The highest BCUT2D eigenvalue weighted by atomic mass is 79.9. The van der Waals surface area contributed by atoms with Crippen LogP contribution in [0.2, 0.25) is 0 Å². The molecule has 1 aromatic rings. The molecule has 0 aliphatic carbocycles. The summed E-state index contributed by atoms with van der Waals surface area (Å²) in [6.45, 7) is 0.306. The number of rotatable bonds is 2. The summed E-state index contributed by atoms with van der Waals surface area (Å²) in [5.41, 5.74) is -0.00834. The Morgan fingerprint density at radius 2 is 2.39 bits per heavy atom. The number of halogens is 2. The van der Waals surface area contributed by atoms with E-state index < -0.39 is 5.97 Å². The molecule has 1 unspecified atom stereocenters. The van der Waals surface area contributed by atoms with Crippen molar-refractivity contribution in [3.05, 3.63) is 16.5 Å². The Hall–Kier alpha value is -1.21. The average Bonchev–Trinajstić information content (AvgIpc) is 2.67. The molecule has 96 valence electrons. The Kier molecular flexibility index (Phi) is 3.82. The molecule has 1 aromatic heterocycles. The number of esters is 1. The minimum atomic E-state index is -0.648. The van der Waals surface area contributed by atoms with Crippen LogP contribution in [0.4, 0.5) is 5.82 Å². The Morgan fingerprint density at radius 1 is 1.67 bits per heavy atom. The van der Waals surface area contributed by atoms with Gasteiger partial charge in [-0.1, -0.05) is 0 Å². The van der Waals surface area contributed by atoms with Gasteiger partial charge in [-0.15, -0.1) is 11.6 Å². The Morgan fingerprint density at radius 3 is 2.94 bits per heavy atom. The molecular formula is C10H9BrClN3O3. The zero-order chi connectivity index (χ0) is 13.3. The van der Waals surface area contributed by atoms with Crippen LogP contribution in [0.15, 0.2) is 10.8 Å². The van der Waals surface area contributed by atoms with Gasteiger partial charge in [0.05, 0.1) is 18.7 Å². The summed E-state index contributed by atoms with van der Waals surface area (Å²) < 4.78 is 5.01. The number of carbonyl (C=O) groups excluding carboxylic acids is 2. The first-order valence-corrected chi connectivity index (χ1v) is 6.31. The monoisotopic (exact) mass is 333 g/mol. The summed E-state index contributed by atoms with van der Waals surface area (Å²) in [6, 6.07) is 0. The lowest BCUT2D eigenvalue weighted by atomic mass is 10.3. The molecule has 18 heavy (non-hydrogen) atoms. The highest BCUT2D eigenvalue weighted by Gasteiger charge is 2.33. The molecule has 1 amide bonds. The number of amides is 1. The van der Waals surface area contributed by atoms with Gasteiger partial charge in [-0.05, 0) is 15.9 Å². The van der Waals surface area contributed by atoms with E-state index in [-0.39, 0.29) is 29.2 Å². The predicted octanol–water partition coefficient (Wildman–Crippen LogP) is 1.37. The molecule has 1 saturated heterocycles. The smallest absolute Gasteiger partial charge is 0.360 e. The maximum atomic E-state index is 11.7. The van der Waals surface area contributed by atoms with Crippen molar-refractivity contribution in [3.63, 3.8) is 0 Å². The van der Waals surface area contributed by atoms with Crippen LogP contribution >= 0.6 is 27.5 Å². The lowest BCUT2D eigenvalue weighted by Gasteiger charge is -2.16. The minimum Gasteiger partial charge on any atom is -0.464 e. The third-order valence-electron chi connectivity index (χ3n) is 2.44. The third-order valence-corrected chi connectivity index (χ3v) is 3.11. The van der Waals surface area contributed by atoms with Crippen molar-refractivity contribution in [3.8, 4) is 0 Å². The van der Waals surface area contributed by atoms with Crippen LogP contribution in [0.3, 0.4) is 0 Å². The van der Waals surface area contributed by atoms with Crippen molar-refractivity contribution in [2.75, 3.05) is 18.6 Å². The van der Waals surface area contributed by atoms with Crippen molar-refractivity contribution < 1.29 is 14.3 Å². The van der Waals surface area contributed by atoms with E-state index in [4.69, 9.17) is 11.6 Å². The molecule has 1 aliphatic heterocycles. The fourth-order valence-electron chi connectivity index (χ4n) is 1.66. The first-order chi connectivity index (χ1) is 8.52. The van der Waals surface area contributed by atoms with Crippen LogP contribution < -0.4 is 4.90 Å².